The van der Waals surface area contributed by atoms with Crippen LogP contribution in [0.5, 0.6) is 0 Å². The molecule has 1 saturated heterocycles. The smallest absolute Gasteiger partial charge is 0.378 e. The maximum Gasteiger partial charge on any atom is 0.406 e. The second-order valence-corrected chi connectivity index (χ2v) is 4.56. The molecule has 1 fully saturated rings. The fourth-order valence-corrected chi connectivity index (χ4v) is 2.24. The minimum atomic E-state index is -4.28. The third-order valence-corrected chi connectivity index (χ3v) is 3.18. The van der Waals surface area contributed by atoms with Gasteiger partial charge in [-0.25, -0.2) is 0 Å². The molecule has 1 aromatic rings. The molecule has 1 aliphatic heterocycles. The van der Waals surface area contributed by atoms with Crippen LogP contribution in [-0.4, -0.2) is 53.5 Å². The van der Waals surface area contributed by atoms with E-state index < -0.39 is 12.7 Å². The summed E-state index contributed by atoms with van der Waals surface area (Å²) in [6.07, 6.45) is -2.60. The van der Waals surface area contributed by atoms with Crippen LogP contribution in [0, 0.1) is 0 Å². The Morgan fingerprint density at radius 2 is 1.94 bits per heavy atom. The van der Waals surface area contributed by atoms with Crippen LogP contribution in [0.25, 0.3) is 0 Å². The molecule has 9 heteroatoms. The second-order valence-electron chi connectivity index (χ2n) is 3.79. The highest BCUT2D eigenvalue weighted by Gasteiger charge is 2.32. The number of aromatic nitrogens is 3. The number of halogens is 3. The molecule has 0 aliphatic carbocycles. The predicted octanol–water partition coefficient (Wildman–Crippen LogP) is 1.40. The number of anilines is 1. The van der Waals surface area contributed by atoms with Gasteiger partial charge in [0.05, 0.1) is 13.2 Å². The van der Waals surface area contributed by atoms with Crippen LogP contribution in [-0.2, 0) is 11.3 Å². The molecule has 0 bridgehead atoms. The van der Waals surface area contributed by atoms with Gasteiger partial charge in [-0.1, -0.05) is 11.8 Å². The van der Waals surface area contributed by atoms with E-state index in [-0.39, 0.29) is 11.1 Å². The average molecular weight is 282 g/mol. The summed E-state index contributed by atoms with van der Waals surface area (Å²) >= 11 is 1.15. The van der Waals surface area contributed by atoms with E-state index in [0.29, 0.717) is 26.3 Å². The van der Waals surface area contributed by atoms with Gasteiger partial charge in [0, 0.05) is 13.1 Å². The van der Waals surface area contributed by atoms with E-state index in [9.17, 15) is 13.2 Å². The van der Waals surface area contributed by atoms with Crippen molar-refractivity contribution in [3.8, 4) is 0 Å². The Morgan fingerprint density at radius 1 is 1.28 bits per heavy atom. The van der Waals surface area contributed by atoms with E-state index in [1.165, 1.54) is 0 Å². The molecule has 0 saturated carbocycles. The molecule has 0 atom stereocenters. The molecule has 0 spiro atoms. The number of nitrogens with zero attached hydrogens (tertiary/aromatic N) is 4. The molecule has 5 nitrogen and oxygen atoms in total. The van der Waals surface area contributed by atoms with Crippen LogP contribution in [0.4, 0.5) is 19.1 Å². The van der Waals surface area contributed by atoms with Crippen molar-refractivity contribution in [2.24, 2.45) is 0 Å². The largest absolute Gasteiger partial charge is 0.406 e. The number of hydrogen-bond donors (Lipinski definition) is 0. The molecule has 0 unspecified atom stereocenters. The van der Waals surface area contributed by atoms with Crippen molar-refractivity contribution in [1.82, 2.24) is 14.8 Å². The normalized spacial score (nSPS) is 17.2. The SMILES string of the molecule is CSc1nnc(N2CCOCC2)n1CC(F)(F)F. The summed E-state index contributed by atoms with van der Waals surface area (Å²) in [5.74, 6) is 0.264. The van der Waals surface area contributed by atoms with Crippen molar-refractivity contribution < 1.29 is 17.9 Å². The highest BCUT2D eigenvalue weighted by Crippen LogP contribution is 2.26. The zero-order chi connectivity index (χ0) is 13.2. The minimum Gasteiger partial charge on any atom is -0.378 e. The number of rotatable bonds is 3. The summed E-state index contributed by atoms with van der Waals surface area (Å²) in [7, 11) is 0. The number of thioether (sulfide) groups is 1. The third kappa shape index (κ3) is 3.08. The molecular formula is C9H13F3N4OS. The Kier molecular flexibility index (Phi) is 4.00. The minimum absolute atomic E-state index is 0.264. The first kappa shape index (κ1) is 13.5. The number of morpholine rings is 1. The lowest BCUT2D eigenvalue weighted by atomic mass is 10.4. The van der Waals surface area contributed by atoms with Gasteiger partial charge in [-0.15, -0.1) is 10.2 Å². The summed E-state index contributed by atoms with van der Waals surface area (Å²) in [5.41, 5.74) is 0. The fourth-order valence-electron chi connectivity index (χ4n) is 1.75. The average Bonchev–Trinajstić information content (AvgIpc) is 2.71. The van der Waals surface area contributed by atoms with Crippen LogP contribution >= 0.6 is 11.8 Å². The Bertz CT molecular complexity index is 403. The summed E-state index contributed by atoms with van der Waals surface area (Å²) in [5, 5.41) is 7.92. The number of alkyl halides is 3. The lowest BCUT2D eigenvalue weighted by Crippen LogP contribution is -2.38. The molecule has 0 amide bonds. The monoisotopic (exact) mass is 282 g/mol. The van der Waals surface area contributed by atoms with Crippen LogP contribution in [0.3, 0.4) is 0 Å². The zero-order valence-electron chi connectivity index (χ0n) is 9.77. The molecule has 0 aromatic carbocycles. The van der Waals surface area contributed by atoms with Crippen LogP contribution in [0.2, 0.25) is 0 Å². The Hall–Kier alpha value is -0.960. The third-order valence-electron chi connectivity index (χ3n) is 2.51. The van der Waals surface area contributed by atoms with Gasteiger partial charge in [-0.2, -0.15) is 13.2 Å². The molecule has 1 aliphatic rings. The molecule has 18 heavy (non-hydrogen) atoms. The van der Waals surface area contributed by atoms with Gasteiger partial charge in [0.25, 0.3) is 0 Å². The van der Waals surface area contributed by atoms with Gasteiger partial charge < -0.3 is 9.64 Å². The number of ether oxygens (including phenoxy) is 1. The molecule has 102 valence electrons. The van der Waals surface area contributed by atoms with Gasteiger partial charge in [0.1, 0.15) is 6.54 Å². The predicted molar refractivity (Wildman–Crippen MR) is 60.9 cm³/mol. The highest BCUT2D eigenvalue weighted by atomic mass is 32.2. The Labute approximate surface area is 106 Å². The molecule has 1 aromatic heterocycles. The van der Waals surface area contributed by atoms with Crippen molar-refractivity contribution in [2.45, 2.75) is 17.9 Å². The van der Waals surface area contributed by atoms with E-state index >= 15 is 0 Å². The van der Waals surface area contributed by atoms with Crippen molar-refractivity contribution in [3.05, 3.63) is 0 Å². The van der Waals surface area contributed by atoms with Gasteiger partial charge >= 0.3 is 6.18 Å². The fraction of sp³-hybridized carbons (Fsp3) is 0.778. The lowest BCUT2D eigenvalue weighted by Gasteiger charge is -2.28. The second kappa shape index (κ2) is 5.35. The Morgan fingerprint density at radius 3 is 2.50 bits per heavy atom. The van der Waals surface area contributed by atoms with E-state index in [4.69, 9.17) is 4.74 Å². The first-order chi connectivity index (χ1) is 8.51. The van der Waals surface area contributed by atoms with Crippen molar-refractivity contribution >= 4 is 17.7 Å². The first-order valence-corrected chi connectivity index (χ1v) is 6.60. The van der Waals surface area contributed by atoms with E-state index in [1.807, 2.05) is 0 Å². The van der Waals surface area contributed by atoms with E-state index in [0.717, 1.165) is 16.3 Å². The quantitative estimate of drug-likeness (QED) is 0.784. The first-order valence-electron chi connectivity index (χ1n) is 5.38. The van der Waals surface area contributed by atoms with Crippen LogP contribution in [0.15, 0.2) is 5.16 Å². The Balaban J connectivity index is 2.26. The lowest BCUT2D eigenvalue weighted by molar-refractivity contribution is -0.141. The molecule has 2 heterocycles. The van der Waals surface area contributed by atoms with Crippen molar-refractivity contribution in [2.75, 3.05) is 37.5 Å². The number of hydrogen-bond acceptors (Lipinski definition) is 5. The standard InChI is InChI=1S/C9H13F3N4OS/c1-18-8-14-13-7(15-2-4-17-5-3-15)16(8)6-9(10,11)12/h2-6H2,1H3. The van der Waals surface area contributed by atoms with Crippen molar-refractivity contribution in [3.63, 3.8) is 0 Å². The highest BCUT2D eigenvalue weighted by molar-refractivity contribution is 7.98. The van der Waals surface area contributed by atoms with Crippen LogP contribution < -0.4 is 4.90 Å². The molecule has 0 radical (unpaired) electrons. The summed E-state index contributed by atoms with van der Waals surface area (Å²) < 4.78 is 43.9. The van der Waals surface area contributed by atoms with E-state index in [2.05, 4.69) is 10.2 Å². The molecular weight excluding hydrogens is 269 g/mol. The van der Waals surface area contributed by atoms with Gasteiger partial charge in [0.2, 0.25) is 5.95 Å². The topological polar surface area (TPSA) is 43.2 Å². The van der Waals surface area contributed by atoms with Crippen molar-refractivity contribution in [1.29, 1.82) is 0 Å². The summed E-state index contributed by atoms with van der Waals surface area (Å²) in [6, 6.07) is 0. The van der Waals surface area contributed by atoms with E-state index in [1.54, 1.807) is 11.2 Å². The summed E-state index contributed by atoms with van der Waals surface area (Å²) in [4.78, 5) is 1.77. The summed E-state index contributed by atoms with van der Waals surface area (Å²) in [6.45, 7) is 0.985. The maximum atomic E-state index is 12.6. The maximum absolute atomic E-state index is 12.6. The zero-order valence-corrected chi connectivity index (χ0v) is 10.6. The van der Waals surface area contributed by atoms with Gasteiger partial charge in [-0.3, -0.25) is 4.57 Å². The molecule has 2 rings (SSSR count). The van der Waals surface area contributed by atoms with Gasteiger partial charge in [-0.05, 0) is 6.26 Å². The van der Waals surface area contributed by atoms with Gasteiger partial charge in [0.15, 0.2) is 5.16 Å². The molecule has 0 N–H and O–H groups in total. The van der Waals surface area contributed by atoms with Crippen LogP contribution in [0.1, 0.15) is 0 Å².